The van der Waals surface area contributed by atoms with Crippen LogP contribution >= 0.6 is 0 Å². The Hall–Kier alpha value is -3.15. The molecule has 2 aliphatic rings. The molecule has 1 N–H and O–H groups in total. The number of H-pyrrole nitrogens is 1. The molecule has 2 aromatic heterocycles. The van der Waals surface area contributed by atoms with Gasteiger partial charge in [0.2, 0.25) is 15.9 Å². The van der Waals surface area contributed by atoms with Crippen LogP contribution < -0.4 is 0 Å². The van der Waals surface area contributed by atoms with Crippen molar-refractivity contribution < 1.29 is 17.9 Å². The fourth-order valence-electron chi connectivity index (χ4n) is 5.19. The molecule has 11 heteroatoms. The van der Waals surface area contributed by atoms with Crippen molar-refractivity contribution >= 4 is 15.9 Å². The monoisotopic (exact) mass is 496 g/mol. The molecule has 2 aliphatic heterocycles. The van der Waals surface area contributed by atoms with E-state index in [9.17, 15) is 13.2 Å². The number of hydrogen-bond acceptors (Lipinski definition) is 7. The van der Waals surface area contributed by atoms with Crippen LogP contribution in [0.3, 0.4) is 0 Å². The lowest BCUT2D eigenvalue weighted by molar-refractivity contribution is -0.135. The summed E-state index contributed by atoms with van der Waals surface area (Å²) in [5, 5.41) is 10.3. The minimum atomic E-state index is -3.98. The van der Waals surface area contributed by atoms with Crippen LogP contribution in [0.4, 0.5) is 0 Å². The standard InChI is InChI=1S/C24H28N6O4S/c1-34-16-18-14-29(15-19-12-26-28-27-19)24(31)23-9-5-8-22(18)30(23)35(32,33)20-10-11-21(25-13-20)17-6-3-2-4-7-17/h2-4,6-7,10-13,18,22-23H,5,8-9,14-16H2,1H3,(H,26,27,28)/t18-,22+,23?/m1/s1. The van der Waals surface area contributed by atoms with Gasteiger partial charge in [-0.1, -0.05) is 35.5 Å². The lowest BCUT2D eigenvalue weighted by atomic mass is 9.91. The Bertz CT molecular complexity index is 1250. The van der Waals surface area contributed by atoms with E-state index < -0.39 is 16.1 Å². The summed E-state index contributed by atoms with van der Waals surface area (Å²) in [5.74, 6) is -0.378. The first-order valence-electron chi connectivity index (χ1n) is 11.7. The highest BCUT2D eigenvalue weighted by atomic mass is 32.2. The number of methoxy groups -OCH3 is 1. The van der Waals surface area contributed by atoms with Crippen molar-refractivity contribution in [1.29, 1.82) is 0 Å². The first-order valence-corrected chi connectivity index (χ1v) is 13.1. The molecule has 4 heterocycles. The van der Waals surface area contributed by atoms with Gasteiger partial charge in [0.05, 0.1) is 30.7 Å². The number of carbonyl (C=O) groups is 1. The molecule has 2 fully saturated rings. The smallest absolute Gasteiger partial charge is 0.245 e. The van der Waals surface area contributed by atoms with Gasteiger partial charge in [-0.15, -0.1) is 5.10 Å². The Morgan fingerprint density at radius 3 is 2.63 bits per heavy atom. The van der Waals surface area contributed by atoms with Gasteiger partial charge in [-0.2, -0.15) is 4.31 Å². The van der Waals surface area contributed by atoms with E-state index in [0.717, 1.165) is 12.0 Å². The third-order valence-corrected chi connectivity index (χ3v) is 8.71. The van der Waals surface area contributed by atoms with Gasteiger partial charge < -0.3 is 9.64 Å². The number of aromatic nitrogens is 4. The van der Waals surface area contributed by atoms with E-state index in [0.29, 0.717) is 37.4 Å². The first-order chi connectivity index (χ1) is 17.0. The summed E-state index contributed by atoms with van der Waals surface area (Å²) in [4.78, 5) is 19.9. The number of piperidine rings is 1. The first kappa shape index (κ1) is 23.6. The number of amides is 1. The van der Waals surface area contributed by atoms with Crippen molar-refractivity contribution in [2.24, 2.45) is 5.92 Å². The van der Waals surface area contributed by atoms with Crippen molar-refractivity contribution in [3.8, 4) is 11.3 Å². The van der Waals surface area contributed by atoms with Crippen LogP contribution in [-0.4, -0.2) is 76.3 Å². The second kappa shape index (κ2) is 9.84. The zero-order valence-electron chi connectivity index (χ0n) is 19.4. The number of benzene rings is 1. The van der Waals surface area contributed by atoms with Crippen LogP contribution in [0.1, 0.15) is 25.0 Å². The molecular weight excluding hydrogens is 468 g/mol. The number of hydrogen-bond donors (Lipinski definition) is 1. The number of sulfonamides is 1. The quantitative estimate of drug-likeness (QED) is 0.531. The highest BCUT2D eigenvalue weighted by molar-refractivity contribution is 7.89. The number of rotatable bonds is 7. The maximum absolute atomic E-state index is 14.0. The summed E-state index contributed by atoms with van der Waals surface area (Å²) >= 11 is 0. The van der Waals surface area contributed by atoms with Gasteiger partial charge in [0, 0.05) is 37.4 Å². The highest BCUT2D eigenvalue weighted by Gasteiger charge is 2.50. The van der Waals surface area contributed by atoms with E-state index in [4.69, 9.17) is 4.74 Å². The summed E-state index contributed by atoms with van der Waals surface area (Å²) in [5.41, 5.74) is 2.29. The number of nitrogens with one attached hydrogen (secondary N) is 1. The van der Waals surface area contributed by atoms with Crippen LogP contribution in [0.5, 0.6) is 0 Å². The third kappa shape index (κ3) is 4.58. The second-order valence-corrected chi connectivity index (χ2v) is 10.9. The average molecular weight is 497 g/mol. The van der Waals surface area contributed by atoms with Crippen molar-refractivity contribution in [1.82, 2.24) is 29.6 Å². The van der Waals surface area contributed by atoms with Gasteiger partial charge in [-0.25, -0.2) is 8.42 Å². The molecule has 1 unspecified atom stereocenters. The van der Waals surface area contributed by atoms with Crippen LogP contribution in [0.25, 0.3) is 11.3 Å². The Morgan fingerprint density at radius 2 is 1.94 bits per heavy atom. The Morgan fingerprint density at radius 1 is 1.11 bits per heavy atom. The third-order valence-electron chi connectivity index (χ3n) is 6.80. The van der Waals surface area contributed by atoms with E-state index in [2.05, 4.69) is 20.4 Å². The zero-order chi connectivity index (χ0) is 24.4. The number of nitrogens with zero attached hydrogens (tertiary/aromatic N) is 5. The van der Waals surface area contributed by atoms with Gasteiger partial charge in [-0.05, 0) is 31.4 Å². The van der Waals surface area contributed by atoms with Gasteiger partial charge in [0.1, 0.15) is 10.9 Å². The van der Waals surface area contributed by atoms with Crippen molar-refractivity contribution in [2.45, 2.75) is 42.8 Å². The summed E-state index contributed by atoms with van der Waals surface area (Å²) in [6.45, 7) is 1.03. The molecule has 0 spiro atoms. The lowest BCUT2D eigenvalue weighted by Gasteiger charge is -2.40. The van der Waals surface area contributed by atoms with E-state index in [1.807, 2.05) is 30.3 Å². The normalized spacial score (nSPS) is 23.3. The molecule has 5 rings (SSSR count). The number of pyridine rings is 1. The minimum absolute atomic E-state index is 0.0873. The van der Waals surface area contributed by atoms with Gasteiger partial charge >= 0.3 is 0 Å². The molecule has 3 aromatic rings. The van der Waals surface area contributed by atoms with Crippen LogP contribution in [0.15, 0.2) is 59.8 Å². The lowest BCUT2D eigenvalue weighted by Crippen LogP contribution is -2.55. The van der Waals surface area contributed by atoms with E-state index >= 15 is 0 Å². The molecule has 0 aliphatic carbocycles. The maximum atomic E-state index is 14.0. The van der Waals surface area contributed by atoms with Gasteiger partial charge in [0.25, 0.3) is 0 Å². The molecule has 3 atom stereocenters. The Labute approximate surface area is 204 Å². The highest BCUT2D eigenvalue weighted by Crippen LogP contribution is 2.37. The molecule has 0 radical (unpaired) electrons. The van der Waals surface area contributed by atoms with Crippen LogP contribution in [-0.2, 0) is 26.1 Å². The largest absolute Gasteiger partial charge is 0.384 e. The average Bonchev–Trinajstić information content (AvgIpc) is 3.39. The minimum Gasteiger partial charge on any atom is -0.384 e. The predicted octanol–water partition coefficient (Wildman–Crippen LogP) is 2.08. The van der Waals surface area contributed by atoms with Crippen LogP contribution in [0, 0.1) is 5.92 Å². The number of ether oxygens (including phenoxy) is 1. The van der Waals surface area contributed by atoms with E-state index in [1.165, 1.54) is 10.5 Å². The van der Waals surface area contributed by atoms with Gasteiger partial charge in [0.15, 0.2) is 0 Å². The molecule has 2 saturated heterocycles. The topological polar surface area (TPSA) is 121 Å². The summed E-state index contributed by atoms with van der Waals surface area (Å²) in [6.07, 6.45) is 4.89. The van der Waals surface area contributed by atoms with Crippen molar-refractivity contribution in [3.05, 3.63) is 60.6 Å². The molecule has 2 bridgehead atoms. The SMILES string of the molecule is COC[C@H]1CN(Cc2cnn[nH]2)C(=O)C2CCC[C@@H]1N2S(=O)(=O)c1ccc(-c2ccccc2)nc1. The molecule has 10 nitrogen and oxygen atoms in total. The molecule has 1 aromatic carbocycles. The van der Waals surface area contributed by atoms with Gasteiger partial charge in [-0.3, -0.25) is 14.9 Å². The fraction of sp³-hybridized carbons (Fsp3) is 0.417. The maximum Gasteiger partial charge on any atom is 0.245 e. The summed E-state index contributed by atoms with van der Waals surface area (Å²) in [6, 6.07) is 11.8. The Balaban J connectivity index is 1.50. The second-order valence-electron chi connectivity index (χ2n) is 9.01. The molecule has 35 heavy (non-hydrogen) atoms. The predicted molar refractivity (Wildman–Crippen MR) is 127 cm³/mol. The number of aromatic amines is 1. The van der Waals surface area contributed by atoms with E-state index in [1.54, 1.807) is 30.3 Å². The van der Waals surface area contributed by atoms with Crippen LogP contribution in [0.2, 0.25) is 0 Å². The summed E-state index contributed by atoms with van der Waals surface area (Å²) < 4.78 is 34.8. The van der Waals surface area contributed by atoms with E-state index in [-0.39, 0.29) is 29.3 Å². The molecule has 184 valence electrons. The fourth-order valence-corrected chi connectivity index (χ4v) is 7.02. The Kier molecular flexibility index (Phi) is 6.63. The molecular formula is C24H28N6O4S. The number of fused-ring (bicyclic) bond motifs is 2. The van der Waals surface area contributed by atoms with Crippen molar-refractivity contribution in [2.75, 3.05) is 20.3 Å². The van der Waals surface area contributed by atoms with Crippen molar-refractivity contribution in [3.63, 3.8) is 0 Å². The zero-order valence-corrected chi connectivity index (χ0v) is 20.3. The summed E-state index contributed by atoms with van der Waals surface area (Å²) in [7, 11) is -2.38. The molecule has 0 saturated carbocycles. The molecule has 1 amide bonds. The number of carbonyl (C=O) groups excluding carboxylic acids is 1.